The third-order valence-electron chi connectivity index (χ3n) is 2.78. The van der Waals surface area contributed by atoms with Crippen molar-refractivity contribution in [1.29, 1.82) is 0 Å². The van der Waals surface area contributed by atoms with Gasteiger partial charge in [0.05, 0.1) is 5.69 Å². The molecule has 2 aromatic rings. The van der Waals surface area contributed by atoms with E-state index in [1.165, 1.54) is 36.5 Å². The van der Waals surface area contributed by atoms with Crippen molar-refractivity contribution in [3.63, 3.8) is 0 Å². The molecular formula is C13H14FN3O2S. The number of para-hydroxylation sites is 1. The maximum Gasteiger partial charge on any atom is 0.268 e. The van der Waals surface area contributed by atoms with Crippen LogP contribution < -0.4 is 10.0 Å². The molecule has 0 aliphatic rings. The molecule has 1 aromatic carbocycles. The Morgan fingerprint density at radius 3 is 2.55 bits per heavy atom. The van der Waals surface area contributed by atoms with Crippen LogP contribution in [-0.2, 0) is 10.0 Å². The van der Waals surface area contributed by atoms with Crippen LogP contribution in [0.15, 0.2) is 47.5 Å². The lowest BCUT2D eigenvalue weighted by atomic mass is 10.3. The van der Waals surface area contributed by atoms with Gasteiger partial charge in [0.15, 0.2) is 0 Å². The van der Waals surface area contributed by atoms with Crippen LogP contribution in [0.2, 0.25) is 0 Å². The van der Waals surface area contributed by atoms with Gasteiger partial charge >= 0.3 is 0 Å². The molecule has 0 aliphatic carbocycles. The first kappa shape index (κ1) is 14.3. The molecule has 0 saturated heterocycles. The summed E-state index contributed by atoms with van der Waals surface area (Å²) >= 11 is 0. The summed E-state index contributed by atoms with van der Waals surface area (Å²) < 4.78 is 39.9. The Hall–Kier alpha value is -2.15. The molecule has 2 N–H and O–H groups in total. The van der Waals surface area contributed by atoms with Crippen molar-refractivity contribution in [1.82, 2.24) is 4.98 Å². The molecule has 0 atom stereocenters. The van der Waals surface area contributed by atoms with Crippen molar-refractivity contribution < 1.29 is 12.8 Å². The fraction of sp³-hybridized carbons (Fsp3) is 0.154. The minimum absolute atomic E-state index is 0.0155. The standard InChI is InChI=1S/C13H14FN3O2S/c1-2-17(11-7-4-3-6-10(11)14)20(18,19)12-8-5-9-16-13(12)15/h3-9H,2H2,1H3,(H2,15,16). The SMILES string of the molecule is CCN(c1ccccc1F)S(=O)(=O)c1cccnc1N. The summed E-state index contributed by atoms with van der Waals surface area (Å²) in [5.74, 6) is -0.720. The zero-order chi connectivity index (χ0) is 14.8. The molecule has 0 radical (unpaired) electrons. The highest BCUT2D eigenvalue weighted by Crippen LogP contribution is 2.27. The highest BCUT2D eigenvalue weighted by atomic mass is 32.2. The van der Waals surface area contributed by atoms with E-state index in [1.54, 1.807) is 13.0 Å². The molecule has 0 bridgehead atoms. The van der Waals surface area contributed by atoms with Gasteiger partial charge in [0.1, 0.15) is 16.5 Å². The number of halogens is 1. The lowest BCUT2D eigenvalue weighted by Crippen LogP contribution is -2.32. The number of benzene rings is 1. The topological polar surface area (TPSA) is 76.3 Å². The molecule has 106 valence electrons. The average Bonchev–Trinajstić information content (AvgIpc) is 2.42. The van der Waals surface area contributed by atoms with Gasteiger partial charge in [-0.05, 0) is 31.2 Å². The Morgan fingerprint density at radius 1 is 1.25 bits per heavy atom. The molecule has 0 spiro atoms. The molecule has 1 aromatic heterocycles. The van der Waals surface area contributed by atoms with Crippen molar-refractivity contribution >= 4 is 21.5 Å². The van der Waals surface area contributed by atoms with Crippen LogP contribution in [0.5, 0.6) is 0 Å². The lowest BCUT2D eigenvalue weighted by molar-refractivity contribution is 0.586. The van der Waals surface area contributed by atoms with Gasteiger partial charge in [0, 0.05) is 12.7 Å². The Balaban J connectivity index is 2.58. The Morgan fingerprint density at radius 2 is 1.95 bits per heavy atom. The summed E-state index contributed by atoms with van der Waals surface area (Å²) in [7, 11) is -3.95. The minimum atomic E-state index is -3.95. The summed E-state index contributed by atoms with van der Waals surface area (Å²) in [5, 5.41) is 0. The number of hydrogen-bond donors (Lipinski definition) is 1. The van der Waals surface area contributed by atoms with Gasteiger partial charge in [-0.25, -0.2) is 17.8 Å². The van der Waals surface area contributed by atoms with E-state index in [0.717, 1.165) is 4.31 Å². The van der Waals surface area contributed by atoms with Crippen LogP contribution >= 0.6 is 0 Å². The third kappa shape index (κ3) is 2.44. The smallest absolute Gasteiger partial charge is 0.268 e. The second-order valence-corrected chi connectivity index (χ2v) is 5.84. The van der Waals surface area contributed by atoms with E-state index in [2.05, 4.69) is 4.98 Å². The Labute approximate surface area is 116 Å². The number of hydrogen-bond acceptors (Lipinski definition) is 4. The van der Waals surface area contributed by atoms with Crippen LogP contribution in [0.3, 0.4) is 0 Å². The number of nitrogens with two attached hydrogens (primary N) is 1. The summed E-state index contributed by atoms with van der Waals surface area (Å²) in [5.41, 5.74) is 5.59. The maximum absolute atomic E-state index is 13.8. The van der Waals surface area contributed by atoms with E-state index in [4.69, 9.17) is 5.73 Å². The van der Waals surface area contributed by atoms with Crippen LogP contribution in [0.4, 0.5) is 15.9 Å². The normalized spacial score (nSPS) is 11.3. The van der Waals surface area contributed by atoms with Crippen LogP contribution in [0, 0.1) is 5.82 Å². The highest BCUT2D eigenvalue weighted by molar-refractivity contribution is 7.93. The zero-order valence-electron chi connectivity index (χ0n) is 10.8. The van der Waals surface area contributed by atoms with E-state index in [0.29, 0.717) is 0 Å². The predicted octanol–water partition coefficient (Wildman–Crippen LogP) is 2.02. The van der Waals surface area contributed by atoms with Crippen molar-refractivity contribution in [3.05, 3.63) is 48.4 Å². The molecule has 0 unspecified atom stereocenters. The quantitative estimate of drug-likeness (QED) is 0.936. The van der Waals surface area contributed by atoms with Crippen molar-refractivity contribution in [2.24, 2.45) is 0 Å². The van der Waals surface area contributed by atoms with Crippen LogP contribution in [0.25, 0.3) is 0 Å². The van der Waals surface area contributed by atoms with Gasteiger partial charge in [-0.3, -0.25) is 4.31 Å². The molecule has 20 heavy (non-hydrogen) atoms. The zero-order valence-corrected chi connectivity index (χ0v) is 11.6. The van der Waals surface area contributed by atoms with E-state index < -0.39 is 15.8 Å². The third-order valence-corrected chi connectivity index (χ3v) is 4.71. The first-order valence-electron chi connectivity index (χ1n) is 5.96. The molecule has 0 saturated carbocycles. The average molecular weight is 295 g/mol. The van der Waals surface area contributed by atoms with Gasteiger partial charge < -0.3 is 5.73 Å². The number of nitrogen functional groups attached to an aromatic ring is 1. The number of rotatable bonds is 4. The number of sulfonamides is 1. The van der Waals surface area contributed by atoms with E-state index in [-0.39, 0.29) is 22.9 Å². The summed E-state index contributed by atoms with van der Waals surface area (Å²) in [6.07, 6.45) is 1.40. The maximum atomic E-state index is 13.8. The molecule has 5 nitrogen and oxygen atoms in total. The Kier molecular flexibility index (Phi) is 3.89. The second-order valence-electron chi connectivity index (χ2n) is 4.01. The monoisotopic (exact) mass is 295 g/mol. The van der Waals surface area contributed by atoms with Gasteiger partial charge in [-0.15, -0.1) is 0 Å². The van der Waals surface area contributed by atoms with E-state index in [9.17, 15) is 12.8 Å². The minimum Gasteiger partial charge on any atom is -0.383 e. The molecule has 0 fully saturated rings. The van der Waals surface area contributed by atoms with Crippen molar-refractivity contribution in [2.45, 2.75) is 11.8 Å². The second kappa shape index (κ2) is 5.46. The van der Waals surface area contributed by atoms with E-state index >= 15 is 0 Å². The molecule has 0 amide bonds. The van der Waals surface area contributed by atoms with Crippen LogP contribution in [0.1, 0.15) is 6.92 Å². The molecule has 2 rings (SSSR count). The predicted molar refractivity (Wildman–Crippen MR) is 75.3 cm³/mol. The Bertz CT molecular complexity index is 719. The number of pyridine rings is 1. The number of anilines is 2. The van der Waals surface area contributed by atoms with E-state index in [1.807, 2.05) is 0 Å². The molecular weight excluding hydrogens is 281 g/mol. The first-order valence-corrected chi connectivity index (χ1v) is 7.40. The largest absolute Gasteiger partial charge is 0.383 e. The molecule has 7 heteroatoms. The fourth-order valence-electron chi connectivity index (χ4n) is 1.86. The molecule has 1 heterocycles. The first-order chi connectivity index (χ1) is 9.48. The van der Waals surface area contributed by atoms with Crippen molar-refractivity contribution in [3.8, 4) is 0 Å². The lowest BCUT2D eigenvalue weighted by Gasteiger charge is -2.23. The highest BCUT2D eigenvalue weighted by Gasteiger charge is 2.27. The summed E-state index contributed by atoms with van der Waals surface area (Å²) in [6.45, 7) is 1.70. The van der Waals surface area contributed by atoms with Gasteiger partial charge in [0.25, 0.3) is 10.0 Å². The van der Waals surface area contributed by atoms with Gasteiger partial charge in [-0.1, -0.05) is 12.1 Å². The number of aromatic nitrogens is 1. The molecule has 0 aliphatic heterocycles. The van der Waals surface area contributed by atoms with Gasteiger partial charge in [-0.2, -0.15) is 0 Å². The van der Waals surface area contributed by atoms with Crippen LogP contribution in [-0.4, -0.2) is 19.9 Å². The fourth-order valence-corrected chi connectivity index (χ4v) is 3.42. The van der Waals surface area contributed by atoms with Crippen molar-refractivity contribution in [2.75, 3.05) is 16.6 Å². The van der Waals surface area contributed by atoms with Gasteiger partial charge in [0.2, 0.25) is 0 Å². The number of nitrogens with zero attached hydrogens (tertiary/aromatic N) is 2. The summed E-state index contributed by atoms with van der Waals surface area (Å²) in [4.78, 5) is 3.62. The summed E-state index contributed by atoms with van der Waals surface area (Å²) in [6, 6.07) is 8.50.